The first-order valence-electron chi connectivity index (χ1n) is 6.70. The second-order valence-corrected chi connectivity index (χ2v) is 6.16. The van der Waals surface area contributed by atoms with Crippen LogP contribution < -0.4 is 0 Å². The molecule has 2 bridgehead atoms. The van der Waals surface area contributed by atoms with Gasteiger partial charge in [-0.05, 0) is 50.9 Å². The Kier molecular flexibility index (Phi) is 2.87. The van der Waals surface area contributed by atoms with Crippen molar-refractivity contribution < 1.29 is 4.74 Å². The Morgan fingerprint density at radius 3 is 2.73 bits per heavy atom. The third-order valence-corrected chi connectivity index (χ3v) is 5.16. The monoisotopic (exact) mass is 210 g/mol. The van der Waals surface area contributed by atoms with Crippen LogP contribution in [0, 0.1) is 11.3 Å². The zero-order valence-corrected chi connectivity index (χ0v) is 10.8. The molecule has 1 saturated heterocycles. The molecule has 1 saturated carbocycles. The van der Waals surface area contributed by atoms with Crippen molar-refractivity contribution in [1.82, 2.24) is 0 Å². The van der Waals surface area contributed by atoms with Crippen LogP contribution in [0.15, 0.2) is 0 Å². The average molecular weight is 210 g/mol. The standard InChI is InChI=1S/C14H26O/c1-5-6-8-14-9-7-11(2)13(4,10-14)15-12(14)3/h11-12H,5-10H2,1-4H3/t11-,12?,13?,14+/m0/s1. The van der Waals surface area contributed by atoms with E-state index in [-0.39, 0.29) is 5.60 Å². The van der Waals surface area contributed by atoms with Gasteiger partial charge in [0.05, 0.1) is 11.7 Å². The van der Waals surface area contributed by atoms with E-state index in [4.69, 9.17) is 4.74 Å². The van der Waals surface area contributed by atoms with Crippen LogP contribution in [0.3, 0.4) is 0 Å². The van der Waals surface area contributed by atoms with E-state index in [1.807, 2.05) is 0 Å². The van der Waals surface area contributed by atoms with E-state index >= 15 is 0 Å². The zero-order valence-electron chi connectivity index (χ0n) is 10.8. The van der Waals surface area contributed by atoms with Crippen LogP contribution in [0.25, 0.3) is 0 Å². The highest BCUT2D eigenvalue weighted by molar-refractivity contribution is 5.05. The van der Waals surface area contributed by atoms with Gasteiger partial charge in [-0.3, -0.25) is 0 Å². The van der Waals surface area contributed by atoms with E-state index in [2.05, 4.69) is 27.7 Å². The Bertz CT molecular complexity index is 233. The minimum absolute atomic E-state index is 0.186. The lowest BCUT2D eigenvalue weighted by atomic mass is 9.63. The van der Waals surface area contributed by atoms with Gasteiger partial charge in [0.2, 0.25) is 0 Å². The van der Waals surface area contributed by atoms with E-state index in [1.54, 1.807) is 0 Å². The fourth-order valence-electron chi connectivity index (χ4n) is 3.75. The Hall–Kier alpha value is -0.0400. The second kappa shape index (κ2) is 3.76. The van der Waals surface area contributed by atoms with Gasteiger partial charge >= 0.3 is 0 Å². The van der Waals surface area contributed by atoms with Crippen molar-refractivity contribution >= 4 is 0 Å². The molecule has 1 nitrogen and oxygen atoms in total. The lowest BCUT2D eigenvalue weighted by Crippen LogP contribution is -2.38. The Morgan fingerprint density at radius 2 is 2.07 bits per heavy atom. The summed E-state index contributed by atoms with van der Waals surface area (Å²) in [4.78, 5) is 0. The van der Waals surface area contributed by atoms with Crippen LogP contribution >= 0.6 is 0 Å². The summed E-state index contributed by atoms with van der Waals surface area (Å²) in [5, 5.41) is 0. The predicted octanol–water partition coefficient (Wildman–Crippen LogP) is 4.16. The summed E-state index contributed by atoms with van der Waals surface area (Å²) < 4.78 is 6.29. The van der Waals surface area contributed by atoms with Crippen LogP contribution in [0.1, 0.15) is 66.2 Å². The summed E-state index contributed by atoms with van der Waals surface area (Å²) in [5.41, 5.74) is 0.711. The fourth-order valence-corrected chi connectivity index (χ4v) is 3.75. The van der Waals surface area contributed by atoms with Gasteiger partial charge in [0.1, 0.15) is 0 Å². The molecule has 0 N–H and O–H groups in total. The second-order valence-electron chi connectivity index (χ2n) is 6.16. The van der Waals surface area contributed by atoms with Crippen molar-refractivity contribution in [3.05, 3.63) is 0 Å². The molecule has 0 aromatic carbocycles. The summed E-state index contributed by atoms with van der Waals surface area (Å²) in [6, 6.07) is 0. The van der Waals surface area contributed by atoms with E-state index in [0.29, 0.717) is 11.5 Å². The van der Waals surface area contributed by atoms with E-state index in [1.165, 1.54) is 38.5 Å². The molecule has 2 fully saturated rings. The van der Waals surface area contributed by atoms with Crippen molar-refractivity contribution in [2.45, 2.75) is 77.9 Å². The summed E-state index contributed by atoms with van der Waals surface area (Å²) in [6.07, 6.45) is 8.63. The van der Waals surface area contributed by atoms with E-state index in [0.717, 1.165) is 5.92 Å². The smallest absolute Gasteiger partial charge is 0.0690 e. The molecule has 0 radical (unpaired) electrons. The highest BCUT2D eigenvalue weighted by atomic mass is 16.5. The zero-order chi connectivity index (χ0) is 11.1. The minimum Gasteiger partial charge on any atom is -0.371 e. The Morgan fingerprint density at radius 1 is 1.33 bits per heavy atom. The molecule has 2 rings (SSSR count). The highest BCUT2D eigenvalue weighted by Crippen LogP contribution is 2.57. The summed E-state index contributed by atoms with van der Waals surface area (Å²) in [5.74, 6) is 0.747. The SMILES string of the molecule is CCCC[C@@]12CC[C@H](C)C(C)(C1)OC2C. The lowest BCUT2D eigenvalue weighted by Gasteiger charge is -2.40. The topological polar surface area (TPSA) is 9.23 Å². The number of unbranched alkanes of at least 4 members (excludes halogenated alkanes) is 1. The van der Waals surface area contributed by atoms with Gasteiger partial charge in [0.15, 0.2) is 0 Å². The number of fused-ring (bicyclic) bond motifs is 2. The van der Waals surface area contributed by atoms with Crippen molar-refractivity contribution in [3.63, 3.8) is 0 Å². The number of hydrogen-bond acceptors (Lipinski definition) is 1. The largest absolute Gasteiger partial charge is 0.371 e. The minimum atomic E-state index is 0.186. The lowest BCUT2D eigenvalue weighted by molar-refractivity contribution is -0.0547. The van der Waals surface area contributed by atoms with E-state index in [9.17, 15) is 0 Å². The molecule has 0 aromatic heterocycles. The molecule has 0 aromatic rings. The summed E-state index contributed by atoms with van der Waals surface area (Å²) in [7, 11) is 0. The molecule has 1 heterocycles. The van der Waals surface area contributed by atoms with Gasteiger partial charge in [-0.1, -0.05) is 26.7 Å². The van der Waals surface area contributed by atoms with E-state index < -0.39 is 0 Å². The number of hydrogen-bond donors (Lipinski definition) is 0. The number of ether oxygens (including phenoxy) is 1. The molecule has 2 aliphatic rings. The van der Waals surface area contributed by atoms with Crippen molar-refractivity contribution in [3.8, 4) is 0 Å². The first-order chi connectivity index (χ1) is 7.02. The van der Waals surface area contributed by atoms with Gasteiger partial charge in [0.25, 0.3) is 0 Å². The molecule has 2 unspecified atom stereocenters. The quantitative estimate of drug-likeness (QED) is 0.679. The van der Waals surface area contributed by atoms with Crippen LogP contribution in [0.5, 0.6) is 0 Å². The molecule has 1 heteroatoms. The van der Waals surface area contributed by atoms with Crippen LogP contribution in [0.4, 0.5) is 0 Å². The summed E-state index contributed by atoms with van der Waals surface area (Å²) >= 11 is 0. The summed E-state index contributed by atoms with van der Waals surface area (Å²) in [6.45, 7) is 9.30. The highest BCUT2D eigenvalue weighted by Gasteiger charge is 2.56. The third kappa shape index (κ3) is 1.73. The predicted molar refractivity (Wildman–Crippen MR) is 63.9 cm³/mol. The van der Waals surface area contributed by atoms with Crippen molar-refractivity contribution in [2.24, 2.45) is 11.3 Å². The van der Waals surface area contributed by atoms with Gasteiger partial charge in [-0.25, -0.2) is 0 Å². The number of rotatable bonds is 3. The van der Waals surface area contributed by atoms with Gasteiger partial charge in [-0.2, -0.15) is 0 Å². The molecule has 0 spiro atoms. The third-order valence-electron chi connectivity index (χ3n) is 5.16. The van der Waals surface area contributed by atoms with Crippen LogP contribution in [-0.2, 0) is 4.74 Å². The molecule has 88 valence electrons. The normalized spacial score (nSPS) is 49.6. The molecule has 0 amide bonds. The van der Waals surface area contributed by atoms with Gasteiger partial charge in [0, 0.05) is 0 Å². The maximum absolute atomic E-state index is 6.29. The molecule has 1 aliphatic heterocycles. The molecule has 1 aliphatic carbocycles. The Labute approximate surface area is 94.6 Å². The fraction of sp³-hybridized carbons (Fsp3) is 1.00. The maximum atomic E-state index is 6.29. The van der Waals surface area contributed by atoms with Crippen LogP contribution in [-0.4, -0.2) is 11.7 Å². The van der Waals surface area contributed by atoms with Crippen LogP contribution in [0.2, 0.25) is 0 Å². The molecular formula is C14H26O. The van der Waals surface area contributed by atoms with Crippen molar-refractivity contribution in [1.29, 1.82) is 0 Å². The average Bonchev–Trinajstić information content (AvgIpc) is 2.41. The molecule has 15 heavy (non-hydrogen) atoms. The first-order valence-corrected chi connectivity index (χ1v) is 6.70. The van der Waals surface area contributed by atoms with Crippen molar-refractivity contribution in [2.75, 3.05) is 0 Å². The van der Waals surface area contributed by atoms with Gasteiger partial charge in [-0.15, -0.1) is 0 Å². The molecular weight excluding hydrogens is 184 g/mol. The van der Waals surface area contributed by atoms with Gasteiger partial charge < -0.3 is 4.74 Å². The molecule has 4 atom stereocenters. The maximum Gasteiger partial charge on any atom is 0.0690 e. The Balaban J connectivity index is 2.14. The first kappa shape index (κ1) is 11.4.